The third-order valence-corrected chi connectivity index (χ3v) is 5.17. The molecule has 0 saturated carbocycles. The van der Waals surface area contributed by atoms with Gasteiger partial charge >= 0.3 is 6.18 Å². The molecular weight excluding hydrogens is 393 g/mol. The van der Waals surface area contributed by atoms with E-state index in [0.717, 1.165) is 30.4 Å². The van der Waals surface area contributed by atoms with Gasteiger partial charge in [-0.25, -0.2) is 0 Å². The molecule has 0 amide bonds. The van der Waals surface area contributed by atoms with Crippen molar-refractivity contribution >= 4 is 0 Å². The number of benzene rings is 1. The average molecular weight is 416 g/mol. The lowest BCUT2D eigenvalue weighted by molar-refractivity contribution is -0.138. The lowest BCUT2D eigenvalue weighted by Crippen LogP contribution is -2.38. The molecule has 1 aromatic carbocycles. The van der Waals surface area contributed by atoms with Crippen molar-refractivity contribution in [3.8, 4) is 0 Å². The van der Waals surface area contributed by atoms with Crippen LogP contribution in [0.3, 0.4) is 0 Å². The van der Waals surface area contributed by atoms with Gasteiger partial charge in [0.15, 0.2) is 0 Å². The zero-order valence-corrected chi connectivity index (χ0v) is 16.6. The van der Waals surface area contributed by atoms with Gasteiger partial charge in [0.1, 0.15) is 6.10 Å². The second-order valence-electron chi connectivity index (χ2n) is 7.50. The van der Waals surface area contributed by atoms with Crippen LogP contribution < -0.4 is 0 Å². The van der Waals surface area contributed by atoms with Crippen molar-refractivity contribution in [1.29, 1.82) is 0 Å². The standard InChI is InChI=1S/C22H23F3N4O/c1-28-13-16(12-26-28)14-29-9-10-30-21(15-29)20-8-4-6-18(27-20)11-17-5-2-3-7-19(17)22(23,24)25/h2-8,12-13,21H,9-11,14-15H2,1H3/t21-/m0/s1. The molecule has 1 aliphatic heterocycles. The molecule has 1 aliphatic rings. The third-order valence-electron chi connectivity index (χ3n) is 5.17. The summed E-state index contributed by atoms with van der Waals surface area (Å²) in [5.41, 5.74) is 2.07. The monoisotopic (exact) mass is 416 g/mol. The van der Waals surface area contributed by atoms with E-state index >= 15 is 0 Å². The fourth-order valence-electron chi connectivity index (χ4n) is 3.76. The Balaban J connectivity index is 1.48. The Morgan fingerprint density at radius 3 is 2.73 bits per heavy atom. The number of nitrogens with zero attached hydrogens (tertiary/aromatic N) is 4. The number of aryl methyl sites for hydroxylation is 1. The summed E-state index contributed by atoms with van der Waals surface area (Å²) in [6, 6.07) is 11.1. The van der Waals surface area contributed by atoms with Gasteiger partial charge in [0, 0.05) is 50.6 Å². The van der Waals surface area contributed by atoms with Crippen LogP contribution in [0.5, 0.6) is 0 Å². The fourth-order valence-corrected chi connectivity index (χ4v) is 3.76. The Morgan fingerprint density at radius 1 is 1.13 bits per heavy atom. The minimum Gasteiger partial charge on any atom is -0.369 e. The lowest BCUT2D eigenvalue weighted by atomic mass is 10.0. The molecule has 30 heavy (non-hydrogen) atoms. The molecule has 1 atom stereocenters. The summed E-state index contributed by atoms with van der Waals surface area (Å²) in [6.45, 7) is 2.83. The van der Waals surface area contributed by atoms with Gasteiger partial charge in [-0.15, -0.1) is 0 Å². The first kappa shape index (κ1) is 20.6. The van der Waals surface area contributed by atoms with E-state index in [4.69, 9.17) is 4.74 Å². The highest BCUT2D eigenvalue weighted by molar-refractivity contribution is 5.33. The second kappa shape index (κ2) is 8.57. The number of rotatable bonds is 5. The van der Waals surface area contributed by atoms with Crippen LogP contribution in [0, 0.1) is 0 Å². The summed E-state index contributed by atoms with van der Waals surface area (Å²) < 4.78 is 47.6. The van der Waals surface area contributed by atoms with Crippen molar-refractivity contribution in [3.05, 3.63) is 82.9 Å². The van der Waals surface area contributed by atoms with Gasteiger partial charge in [0.2, 0.25) is 0 Å². The topological polar surface area (TPSA) is 43.2 Å². The summed E-state index contributed by atoms with van der Waals surface area (Å²) in [5.74, 6) is 0. The minimum atomic E-state index is -4.38. The molecule has 1 saturated heterocycles. The maximum absolute atomic E-state index is 13.3. The molecule has 0 aliphatic carbocycles. The van der Waals surface area contributed by atoms with Crippen LogP contribution in [0.1, 0.15) is 34.2 Å². The predicted molar refractivity (Wildman–Crippen MR) is 106 cm³/mol. The van der Waals surface area contributed by atoms with Crippen LogP contribution in [-0.4, -0.2) is 39.4 Å². The molecule has 0 N–H and O–H groups in total. The molecule has 3 heterocycles. The van der Waals surface area contributed by atoms with Gasteiger partial charge in [-0.2, -0.15) is 18.3 Å². The van der Waals surface area contributed by atoms with E-state index in [1.54, 1.807) is 16.8 Å². The number of halogens is 3. The summed E-state index contributed by atoms with van der Waals surface area (Å²) in [7, 11) is 1.89. The van der Waals surface area contributed by atoms with E-state index in [2.05, 4.69) is 15.0 Å². The molecule has 158 valence electrons. The fraction of sp³-hybridized carbons (Fsp3) is 0.364. The number of pyridine rings is 1. The Morgan fingerprint density at radius 2 is 1.97 bits per heavy atom. The quantitative estimate of drug-likeness (QED) is 0.631. The number of hydrogen-bond donors (Lipinski definition) is 0. The number of ether oxygens (including phenoxy) is 1. The van der Waals surface area contributed by atoms with Crippen molar-refractivity contribution in [2.45, 2.75) is 25.2 Å². The third kappa shape index (κ3) is 4.88. The maximum atomic E-state index is 13.3. The minimum absolute atomic E-state index is 0.121. The van der Waals surface area contributed by atoms with Gasteiger partial charge in [-0.3, -0.25) is 14.6 Å². The first-order valence-electron chi connectivity index (χ1n) is 9.81. The van der Waals surface area contributed by atoms with E-state index in [-0.39, 0.29) is 18.1 Å². The van der Waals surface area contributed by atoms with Crippen molar-refractivity contribution in [1.82, 2.24) is 19.7 Å². The molecule has 0 bridgehead atoms. The van der Waals surface area contributed by atoms with Gasteiger partial charge in [0.05, 0.1) is 24.1 Å². The summed E-state index contributed by atoms with van der Waals surface area (Å²) in [4.78, 5) is 6.90. The van der Waals surface area contributed by atoms with E-state index < -0.39 is 11.7 Å². The highest BCUT2D eigenvalue weighted by Crippen LogP contribution is 2.33. The van der Waals surface area contributed by atoms with E-state index in [0.29, 0.717) is 18.8 Å². The first-order valence-corrected chi connectivity index (χ1v) is 9.81. The Hall–Kier alpha value is -2.71. The summed E-state index contributed by atoms with van der Waals surface area (Å²) in [6.07, 6.45) is -0.639. The Kier molecular flexibility index (Phi) is 5.87. The zero-order valence-electron chi connectivity index (χ0n) is 16.6. The lowest BCUT2D eigenvalue weighted by Gasteiger charge is -2.32. The Bertz CT molecular complexity index is 1000. The number of alkyl halides is 3. The van der Waals surface area contributed by atoms with Gasteiger partial charge in [0.25, 0.3) is 0 Å². The number of aromatic nitrogens is 3. The summed E-state index contributed by atoms with van der Waals surface area (Å²) in [5, 5.41) is 4.20. The molecule has 4 rings (SSSR count). The molecule has 0 spiro atoms. The molecule has 8 heteroatoms. The average Bonchev–Trinajstić information content (AvgIpc) is 3.12. The molecule has 1 fully saturated rings. The second-order valence-corrected chi connectivity index (χ2v) is 7.50. The van der Waals surface area contributed by atoms with E-state index in [9.17, 15) is 13.2 Å². The smallest absolute Gasteiger partial charge is 0.369 e. The first-order chi connectivity index (χ1) is 14.4. The van der Waals surface area contributed by atoms with Crippen molar-refractivity contribution in [3.63, 3.8) is 0 Å². The number of morpholine rings is 1. The summed E-state index contributed by atoms with van der Waals surface area (Å²) >= 11 is 0. The normalized spacial score (nSPS) is 17.9. The van der Waals surface area contributed by atoms with Crippen LogP contribution >= 0.6 is 0 Å². The molecular formula is C22H23F3N4O. The Labute approximate surface area is 173 Å². The molecule has 3 aromatic rings. The molecule has 0 radical (unpaired) electrons. The molecule has 0 unspecified atom stereocenters. The van der Waals surface area contributed by atoms with Crippen LogP contribution in [0.4, 0.5) is 13.2 Å². The van der Waals surface area contributed by atoms with Crippen LogP contribution in [-0.2, 0) is 30.9 Å². The largest absolute Gasteiger partial charge is 0.416 e. The van der Waals surface area contributed by atoms with Crippen LogP contribution in [0.2, 0.25) is 0 Å². The zero-order chi connectivity index (χ0) is 21.1. The van der Waals surface area contributed by atoms with Crippen molar-refractivity contribution < 1.29 is 17.9 Å². The van der Waals surface area contributed by atoms with Gasteiger partial charge < -0.3 is 4.74 Å². The van der Waals surface area contributed by atoms with E-state index in [1.807, 2.05) is 31.6 Å². The van der Waals surface area contributed by atoms with E-state index in [1.165, 1.54) is 12.1 Å². The van der Waals surface area contributed by atoms with Crippen molar-refractivity contribution in [2.24, 2.45) is 7.05 Å². The SMILES string of the molecule is Cn1cc(CN2CCO[C@H](c3cccc(Cc4ccccc4C(F)(F)F)n3)C2)cn1. The maximum Gasteiger partial charge on any atom is 0.416 e. The molecule has 5 nitrogen and oxygen atoms in total. The highest BCUT2D eigenvalue weighted by Gasteiger charge is 2.33. The van der Waals surface area contributed by atoms with Gasteiger partial charge in [-0.1, -0.05) is 24.3 Å². The van der Waals surface area contributed by atoms with Crippen LogP contribution in [0.25, 0.3) is 0 Å². The molecule has 2 aromatic heterocycles. The van der Waals surface area contributed by atoms with Crippen LogP contribution in [0.15, 0.2) is 54.9 Å². The van der Waals surface area contributed by atoms with Gasteiger partial charge in [-0.05, 0) is 23.8 Å². The predicted octanol–water partition coefficient (Wildman–Crippen LogP) is 4.00. The van der Waals surface area contributed by atoms with Crippen molar-refractivity contribution in [2.75, 3.05) is 19.7 Å². The number of hydrogen-bond acceptors (Lipinski definition) is 4. The highest BCUT2D eigenvalue weighted by atomic mass is 19.4.